The van der Waals surface area contributed by atoms with Crippen LogP contribution in [-0.2, 0) is 16.0 Å². The lowest BCUT2D eigenvalue weighted by molar-refractivity contribution is -0.159. The molecule has 0 aliphatic heterocycles. The standard InChI is InChI=1S/C32H42O6/c1-11-12-23-19-24(28(38-32(8,9)10)20-27(23)37-31(5,6)7)15-18-26(33)22-13-16-25(17-14-22)35-21-36-29(34)30(2,3)4/h11,13-20H,1,12,21H2,2-10H3/b18-15+. The topological polar surface area (TPSA) is 71.1 Å². The Hall–Kier alpha value is -3.54. The lowest BCUT2D eigenvalue weighted by atomic mass is 9.98. The van der Waals surface area contributed by atoms with Crippen molar-refractivity contribution in [3.8, 4) is 17.2 Å². The number of ether oxygens (including phenoxy) is 4. The molecule has 0 spiro atoms. The summed E-state index contributed by atoms with van der Waals surface area (Å²) >= 11 is 0. The van der Waals surface area contributed by atoms with Gasteiger partial charge in [-0.1, -0.05) is 6.08 Å². The molecule has 2 aromatic rings. The highest BCUT2D eigenvalue weighted by molar-refractivity contribution is 6.07. The largest absolute Gasteiger partial charge is 0.488 e. The predicted octanol–water partition coefficient (Wildman–Crippen LogP) is 7.59. The lowest BCUT2D eigenvalue weighted by Crippen LogP contribution is -2.25. The van der Waals surface area contributed by atoms with Gasteiger partial charge in [0.15, 0.2) is 5.78 Å². The number of allylic oxidation sites excluding steroid dienone is 2. The van der Waals surface area contributed by atoms with Gasteiger partial charge in [-0.25, -0.2) is 0 Å². The Balaban J connectivity index is 2.24. The summed E-state index contributed by atoms with van der Waals surface area (Å²) in [4.78, 5) is 24.8. The second kappa shape index (κ2) is 12.3. The average molecular weight is 523 g/mol. The molecule has 0 fully saturated rings. The van der Waals surface area contributed by atoms with Gasteiger partial charge in [-0.2, -0.15) is 0 Å². The molecule has 0 aromatic heterocycles. The van der Waals surface area contributed by atoms with Gasteiger partial charge in [-0.15, -0.1) is 6.58 Å². The van der Waals surface area contributed by atoms with Crippen molar-refractivity contribution >= 4 is 17.8 Å². The number of hydrogen-bond donors (Lipinski definition) is 0. The van der Waals surface area contributed by atoms with Gasteiger partial charge in [0, 0.05) is 17.2 Å². The molecule has 206 valence electrons. The SMILES string of the molecule is C=CCc1cc(/C=C/C(=O)c2ccc(OCOC(=O)C(C)(C)C)cc2)c(OC(C)(C)C)cc1OC(C)(C)C. The van der Waals surface area contributed by atoms with Crippen molar-refractivity contribution in [1.29, 1.82) is 0 Å². The van der Waals surface area contributed by atoms with Crippen LogP contribution < -0.4 is 14.2 Å². The van der Waals surface area contributed by atoms with Gasteiger partial charge in [0.1, 0.15) is 28.5 Å². The minimum atomic E-state index is -0.601. The van der Waals surface area contributed by atoms with E-state index in [0.29, 0.717) is 23.5 Å². The molecule has 0 aliphatic rings. The van der Waals surface area contributed by atoms with Crippen LogP contribution in [0.4, 0.5) is 0 Å². The van der Waals surface area contributed by atoms with E-state index in [1.54, 1.807) is 51.1 Å². The quantitative estimate of drug-likeness (QED) is 0.105. The fraction of sp³-hybridized carbons (Fsp3) is 0.438. The molecule has 0 heterocycles. The molecule has 0 saturated carbocycles. The van der Waals surface area contributed by atoms with Gasteiger partial charge in [0.05, 0.1) is 5.41 Å². The number of ketones is 1. The van der Waals surface area contributed by atoms with Crippen molar-refractivity contribution < 1.29 is 28.5 Å². The van der Waals surface area contributed by atoms with Crippen LogP contribution in [0.5, 0.6) is 17.2 Å². The molecule has 0 bridgehead atoms. The third kappa shape index (κ3) is 10.1. The molecule has 2 rings (SSSR count). The molecular weight excluding hydrogens is 480 g/mol. The summed E-state index contributed by atoms with van der Waals surface area (Å²) in [5, 5.41) is 0. The Morgan fingerprint density at radius 3 is 1.95 bits per heavy atom. The third-order valence-corrected chi connectivity index (χ3v) is 4.97. The zero-order valence-electron chi connectivity index (χ0n) is 24.3. The molecule has 0 unspecified atom stereocenters. The second-order valence-electron chi connectivity index (χ2n) is 12.1. The maximum absolute atomic E-state index is 12.9. The first kappa shape index (κ1) is 30.7. The Morgan fingerprint density at radius 1 is 0.842 bits per heavy atom. The smallest absolute Gasteiger partial charge is 0.314 e. The molecule has 38 heavy (non-hydrogen) atoms. The summed E-state index contributed by atoms with van der Waals surface area (Å²) in [7, 11) is 0. The third-order valence-electron chi connectivity index (χ3n) is 4.97. The number of benzene rings is 2. The Kier molecular flexibility index (Phi) is 9.96. The summed E-state index contributed by atoms with van der Waals surface area (Å²) in [6.07, 6.45) is 5.71. The maximum atomic E-state index is 12.9. The van der Waals surface area contributed by atoms with E-state index in [0.717, 1.165) is 16.9 Å². The van der Waals surface area contributed by atoms with Crippen molar-refractivity contribution in [1.82, 2.24) is 0 Å². The molecule has 6 heteroatoms. The van der Waals surface area contributed by atoms with E-state index < -0.39 is 11.0 Å². The van der Waals surface area contributed by atoms with Gasteiger partial charge in [-0.05, 0) is 117 Å². The van der Waals surface area contributed by atoms with Crippen LogP contribution in [0.3, 0.4) is 0 Å². The minimum absolute atomic E-state index is 0.169. The highest BCUT2D eigenvalue weighted by Crippen LogP contribution is 2.35. The molecule has 0 amide bonds. The van der Waals surface area contributed by atoms with E-state index in [2.05, 4.69) is 6.58 Å². The summed E-state index contributed by atoms with van der Waals surface area (Å²) in [5.41, 5.74) is 0.798. The van der Waals surface area contributed by atoms with E-state index in [1.165, 1.54) is 6.08 Å². The summed E-state index contributed by atoms with van der Waals surface area (Å²) in [5.74, 6) is 1.33. The number of esters is 1. The average Bonchev–Trinajstić information content (AvgIpc) is 2.77. The highest BCUT2D eigenvalue weighted by atomic mass is 16.7. The van der Waals surface area contributed by atoms with Crippen LogP contribution in [0.1, 0.15) is 83.8 Å². The summed E-state index contributed by atoms with van der Waals surface area (Å²) < 4.78 is 23.0. The number of rotatable bonds is 10. The zero-order valence-corrected chi connectivity index (χ0v) is 24.3. The van der Waals surface area contributed by atoms with Crippen molar-refractivity contribution in [3.05, 3.63) is 71.8 Å². The predicted molar refractivity (Wildman–Crippen MR) is 152 cm³/mol. The number of carbonyl (C=O) groups is 2. The monoisotopic (exact) mass is 522 g/mol. The van der Waals surface area contributed by atoms with Gasteiger partial charge < -0.3 is 18.9 Å². The van der Waals surface area contributed by atoms with Crippen molar-refractivity contribution in [2.45, 2.75) is 79.9 Å². The normalized spacial score (nSPS) is 12.2. The zero-order chi connectivity index (χ0) is 28.7. The second-order valence-corrected chi connectivity index (χ2v) is 12.1. The first-order chi connectivity index (χ1) is 17.5. The van der Waals surface area contributed by atoms with Crippen LogP contribution >= 0.6 is 0 Å². The van der Waals surface area contributed by atoms with Crippen molar-refractivity contribution in [2.75, 3.05) is 6.79 Å². The Bertz CT molecular complexity index is 1150. The Morgan fingerprint density at radius 2 is 1.42 bits per heavy atom. The van der Waals surface area contributed by atoms with Gasteiger partial charge in [-0.3, -0.25) is 9.59 Å². The fourth-order valence-electron chi connectivity index (χ4n) is 3.26. The molecule has 0 aliphatic carbocycles. The molecule has 2 aromatic carbocycles. The molecule has 0 radical (unpaired) electrons. The van der Waals surface area contributed by atoms with E-state index in [4.69, 9.17) is 18.9 Å². The van der Waals surface area contributed by atoms with Crippen LogP contribution in [-0.4, -0.2) is 29.7 Å². The summed E-state index contributed by atoms with van der Waals surface area (Å²) in [6.45, 7) is 20.9. The highest BCUT2D eigenvalue weighted by Gasteiger charge is 2.23. The van der Waals surface area contributed by atoms with Gasteiger partial charge in [0.2, 0.25) is 6.79 Å². The van der Waals surface area contributed by atoms with Crippen LogP contribution in [0.15, 0.2) is 55.1 Å². The molecular formula is C32H42O6. The number of carbonyl (C=O) groups excluding carboxylic acids is 2. The van der Waals surface area contributed by atoms with Gasteiger partial charge in [0.25, 0.3) is 0 Å². The molecule has 0 N–H and O–H groups in total. The van der Waals surface area contributed by atoms with Gasteiger partial charge >= 0.3 is 5.97 Å². The van der Waals surface area contributed by atoms with Crippen LogP contribution in [0, 0.1) is 5.41 Å². The maximum Gasteiger partial charge on any atom is 0.314 e. The van der Waals surface area contributed by atoms with E-state index >= 15 is 0 Å². The molecule has 0 atom stereocenters. The van der Waals surface area contributed by atoms with E-state index in [-0.39, 0.29) is 24.1 Å². The lowest BCUT2D eigenvalue weighted by Gasteiger charge is -2.27. The Labute approximate surface area is 227 Å². The van der Waals surface area contributed by atoms with E-state index in [9.17, 15) is 9.59 Å². The number of hydrogen-bond acceptors (Lipinski definition) is 6. The van der Waals surface area contributed by atoms with Crippen molar-refractivity contribution in [2.24, 2.45) is 5.41 Å². The van der Waals surface area contributed by atoms with Crippen molar-refractivity contribution in [3.63, 3.8) is 0 Å². The molecule has 6 nitrogen and oxygen atoms in total. The first-order valence-electron chi connectivity index (χ1n) is 12.8. The first-order valence-corrected chi connectivity index (χ1v) is 12.8. The van der Waals surface area contributed by atoms with Crippen LogP contribution in [0.25, 0.3) is 6.08 Å². The van der Waals surface area contributed by atoms with E-state index in [1.807, 2.05) is 59.8 Å². The molecule has 0 saturated heterocycles. The minimum Gasteiger partial charge on any atom is -0.488 e. The summed E-state index contributed by atoms with van der Waals surface area (Å²) in [6, 6.07) is 10.5. The fourth-order valence-corrected chi connectivity index (χ4v) is 3.26. The van der Waals surface area contributed by atoms with Crippen LogP contribution in [0.2, 0.25) is 0 Å².